The van der Waals surface area contributed by atoms with Crippen LogP contribution in [0.3, 0.4) is 0 Å². The molecule has 1 amide bonds. The van der Waals surface area contributed by atoms with Gasteiger partial charge in [-0.1, -0.05) is 140 Å². The van der Waals surface area contributed by atoms with Crippen molar-refractivity contribution in [2.75, 3.05) is 6.54 Å². The van der Waals surface area contributed by atoms with Crippen molar-refractivity contribution >= 4 is 17.1 Å². The molecule has 7 nitrogen and oxygen atoms in total. The summed E-state index contributed by atoms with van der Waals surface area (Å²) in [7, 11) is 0. The molecule has 50 heavy (non-hydrogen) atoms. The monoisotopic (exact) mass is 664 g/mol. The van der Waals surface area contributed by atoms with Crippen LogP contribution in [-0.2, 0) is 19.6 Å². The fourth-order valence-electron chi connectivity index (χ4n) is 8.21. The Kier molecular flexibility index (Phi) is 9.94. The number of para-hydroxylation sites is 2. The molecule has 2 heterocycles. The lowest BCUT2D eigenvalue weighted by molar-refractivity contribution is -0.0557. The Morgan fingerprint density at radius 1 is 0.720 bits per heavy atom. The number of hydrogen-bond acceptors (Lipinski definition) is 3. The summed E-state index contributed by atoms with van der Waals surface area (Å²) in [6.07, 6.45) is -0.135. The fourth-order valence-corrected chi connectivity index (χ4v) is 8.21. The lowest BCUT2D eigenvalue weighted by atomic mass is 9.73. The number of fused-ring (bicyclic) bond motifs is 1. The number of aromatic nitrogens is 2. The molecule has 1 aromatic heterocycles. The van der Waals surface area contributed by atoms with E-state index in [-0.39, 0.29) is 23.6 Å². The van der Waals surface area contributed by atoms with Crippen LogP contribution >= 0.6 is 0 Å². The van der Waals surface area contributed by atoms with Crippen LogP contribution in [-0.4, -0.2) is 42.8 Å². The highest BCUT2D eigenvalue weighted by Crippen LogP contribution is 2.46. The Hall–Kier alpha value is -5.40. The highest BCUT2D eigenvalue weighted by molar-refractivity contribution is 5.76. The Morgan fingerprint density at radius 2 is 1.22 bits per heavy atom. The van der Waals surface area contributed by atoms with Crippen molar-refractivity contribution < 1.29 is 9.90 Å². The molecule has 0 spiro atoms. The number of piperidine rings is 1. The molecule has 4 atom stereocenters. The van der Waals surface area contributed by atoms with Gasteiger partial charge in [-0.15, -0.1) is 0 Å². The van der Waals surface area contributed by atoms with E-state index in [1.807, 2.05) is 94.1 Å². The minimum atomic E-state index is -0.939. The van der Waals surface area contributed by atoms with Gasteiger partial charge in [-0.05, 0) is 53.1 Å². The van der Waals surface area contributed by atoms with Gasteiger partial charge in [0.05, 0.1) is 23.7 Å². The van der Waals surface area contributed by atoms with Crippen molar-refractivity contribution in [3.8, 4) is 0 Å². The van der Waals surface area contributed by atoms with Gasteiger partial charge in [0.15, 0.2) is 0 Å². The molecule has 0 bridgehead atoms. The summed E-state index contributed by atoms with van der Waals surface area (Å²) >= 11 is 0. The second kappa shape index (κ2) is 15.0. The number of likely N-dealkylation sites (tertiary alicyclic amines) is 1. The van der Waals surface area contributed by atoms with Crippen molar-refractivity contribution in [1.82, 2.24) is 18.9 Å². The maximum atomic E-state index is 14.8. The predicted molar refractivity (Wildman–Crippen MR) is 199 cm³/mol. The summed E-state index contributed by atoms with van der Waals surface area (Å²) in [6, 6.07) is 48.9. The van der Waals surface area contributed by atoms with Crippen molar-refractivity contribution in [2.24, 2.45) is 5.92 Å². The van der Waals surface area contributed by atoms with E-state index in [1.54, 1.807) is 4.90 Å². The number of hydrogen-bond donors (Lipinski definition) is 1. The van der Waals surface area contributed by atoms with Gasteiger partial charge in [0.2, 0.25) is 0 Å². The van der Waals surface area contributed by atoms with Crippen LogP contribution in [0.1, 0.15) is 54.0 Å². The molecule has 0 aliphatic carbocycles. The molecule has 1 aliphatic heterocycles. The summed E-state index contributed by atoms with van der Waals surface area (Å²) < 4.78 is 3.89. The Labute approximate surface area is 293 Å². The molecule has 0 saturated carbocycles. The zero-order chi connectivity index (χ0) is 34.5. The first-order chi connectivity index (χ1) is 24.5. The smallest absolute Gasteiger partial charge is 0.408 e. The van der Waals surface area contributed by atoms with Crippen molar-refractivity contribution in [3.63, 3.8) is 0 Å². The highest BCUT2D eigenvalue weighted by atomic mass is 16.4. The van der Waals surface area contributed by atoms with E-state index in [1.165, 1.54) is 0 Å². The minimum Gasteiger partial charge on any atom is -0.465 e. The van der Waals surface area contributed by atoms with Crippen LogP contribution < -0.4 is 5.69 Å². The molecule has 0 radical (unpaired) electrons. The summed E-state index contributed by atoms with van der Waals surface area (Å²) in [5.74, 6) is -0.265. The zero-order valence-corrected chi connectivity index (χ0v) is 28.5. The van der Waals surface area contributed by atoms with Gasteiger partial charge in [-0.25, -0.2) is 9.59 Å². The maximum absolute atomic E-state index is 14.8. The number of nitrogens with zero attached hydrogens (tertiary/aromatic N) is 4. The standard InChI is InChI=1S/C43H44N4O3/c1-2-36(35-23-13-6-14-24-35)40-39(47-38-26-16-15-25-37(38)46(42(47)48)31-34-21-11-5-12-22-34)27-28-45(43(49)50)41(40)44(29-32-17-7-3-8-18-32)30-33-19-9-4-10-20-33/h3-26,36,39-41H,2,27-31H2,1H3,(H,49,50). The molecule has 6 aromatic rings. The van der Waals surface area contributed by atoms with Gasteiger partial charge in [0.1, 0.15) is 0 Å². The van der Waals surface area contributed by atoms with Crippen molar-refractivity contribution in [3.05, 3.63) is 178 Å². The first kappa shape index (κ1) is 33.1. The van der Waals surface area contributed by atoms with Crippen LogP contribution in [0.4, 0.5) is 4.79 Å². The molecule has 5 aromatic carbocycles. The summed E-state index contributed by atoms with van der Waals surface area (Å²) in [5.41, 5.74) is 6.14. The molecule has 7 heteroatoms. The van der Waals surface area contributed by atoms with E-state index < -0.39 is 12.3 Å². The molecule has 1 aliphatic rings. The van der Waals surface area contributed by atoms with E-state index in [2.05, 4.69) is 72.5 Å². The Balaban J connectivity index is 1.44. The second-order valence-electron chi connectivity index (χ2n) is 13.3. The Bertz CT molecular complexity index is 2020. The van der Waals surface area contributed by atoms with Gasteiger partial charge >= 0.3 is 11.8 Å². The summed E-state index contributed by atoms with van der Waals surface area (Å²) in [5, 5.41) is 10.9. The van der Waals surface area contributed by atoms with Crippen LogP contribution in [0.5, 0.6) is 0 Å². The third-order valence-corrected chi connectivity index (χ3v) is 10.4. The lowest BCUT2D eigenvalue weighted by Crippen LogP contribution is -2.61. The van der Waals surface area contributed by atoms with E-state index in [0.29, 0.717) is 32.6 Å². The predicted octanol–water partition coefficient (Wildman–Crippen LogP) is 8.61. The van der Waals surface area contributed by atoms with Crippen LogP contribution in [0.15, 0.2) is 150 Å². The first-order valence-corrected chi connectivity index (χ1v) is 17.6. The van der Waals surface area contributed by atoms with E-state index in [9.17, 15) is 14.7 Å². The van der Waals surface area contributed by atoms with Gasteiger partial charge in [-0.3, -0.25) is 18.9 Å². The van der Waals surface area contributed by atoms with Crippen molar-refractivity contribution in [2.45, 2.75) is 57.5 Å². The molecular weight excluding hydrogens is 620 g/mol. The van der Waals surface area contributed by atoms with Crippen LogP contribution in [0, 0.1) is 5.92 Å². The quantitative estimate of drug-likeness (QED) is 0.151. The number of carboxylic acid groups (broad SMARTS) is 1. The van der Waals surface area contributed by atoms with Gasteiger partial charge in [-0.2, -0.15) is 0 Å². The number of imidazole rings is 1. The van der Waals surface area contributed by atoms with E-state index >= 15 is 0 Å². The maximum Gasteiger partial charge on any atom is 0.408 e. The molecule has 7 rings (SSSR count). The highest BCUT2D eigenvalue weighted by Gasteiger charge is 2.48. The van der Waals surface area contributed by atoms with Crippen LogP contribution in [0.25, 0.3) is 11.0 Å². The molecular formula is C43H44N4O3. The normalized spacial score (nSPS) is 18.4. The number of benzene rings is 5. The average Bonchev–Trinajstić information content (AvgIpc) is 3.43. The number of rotatable bonds is 11. The SMILES string of the molecule is CCC(c1ccccc1)C1C(N(Cc2ccccc2)Cc2ccccc2)N(C(=O)O)CCC1n1c(=O)n(Cc2ccccc2)c2ccccc21. The third kappa shape index (κ3) is 6.74. The van der Waals surface area contributed by atoms with Gasteiger partial charge in [0, 0.05) is 31.6 Å². The molecule has 254 valence electrons. The topological polar surface area (TPSA) is 70.7 Å². The molecule has 1 fully saturated rings. The summed E-state index contributed by atoms with van der Waals surface area (Å²) in [4.78, 5) is 32.1. The minimum absolute atomic E-state index is 0.0227. The van der Waals surface area contributed by atoms with Crippen molar-refractivity contribution in [1.29, 1.82) is 0 Å². The zero-order valence-electron chi connectivity index (χ0n) is 28.5. The van der Waals surface area contributed by atoms with Gasteiger partial charge in [0.25, 0.3) is 0 Å². The molecule has 4 unspecified atom stereocenters. The Morgan fingerprint density at radius 3 is 1.76 bits per heavy atom. The lowest BCUT2D eigenvalue weighted by Gasteiger charge is -2.52. The largest absolute Gasteiger partial charge is 0.465 e. The second-order valence-corrected chi connectivity index (χ2v) is 13.3. The van der Waals surface area contributed by atoms with E-state index in [4.69, 9.17) is 0 Å². The fraction of sp³-hybridized carbons (Fsp3) is 0.256. The van der Waals surface area contributed by atoms with E-state index in [0.717, 1.165) is 39.7 Å². The number of carbonyl (C=O) groups is 1. The average molecular weight is 665 g/mol. The molecule has 1 saturated heterocycles. The number of amides is 1. The molecule has 1 N–H and O–H groups in total. The third-order valence-electron chi connectivity index (χ3n) is 10.4. The first-order valence-electron chi connectivity index (χ1n) is 17.6. The summed E-state index contributed by atoms with van der Waals surface area (Å²) in [6.45, 7) is 4.08. The van der Waals surface area contributed by atoms with Gasteiger partial charge < -0.3 is 5.11 Å². The van der Waals surface area contributed by atoms with Crippen LogP contribution in [0.2, 0.25) is 0 Å².